The number of rotatable bonds is 4. The molecule has 23 heavy (non-hydrogen) atoms. The topological polar surface area (TPSA) is 58.2 Å². The predicted octanol–water partition coefficient (Wildman–Crippen LogP) is 3.94. The Morgan fingerprint density at radius 2 is 1.74 bits per heavy atom. The van der Waals surface area contributed by atoms with Crippen LogP contribution in [0.5, 0.6) is 0 Å². The predicted molar refractivity (Wildman–Crippen MR) is 93.8 cm³/mol. The van der Waals surface area contributed by atoms with Crippen LogP contribution in [0.3, 0.4) is 0 Å². The van der Waals surface area contributed by atoms with Gasteiger partial charge in [-0.05, 0) is 37.3 Å². The summed E-state index contributed by atoms with van der Waals surface area (Å²) in [7, 11) is 0. The third-order valence-corrected chi connectivity index (χ3v) is 4.74. The Labute approximate surface area is 148 Å². The summed E-state index contributed by atoms with van der Waals surface area (Å²) in [5, 5.41) is 0.608. The molecule has 120 valence electrons. The number of carbonyl (C=O) groups is 2. The number of amides is 2. The highest BCUT2D eigenvalue weighted by molar-refractivity contribution is 8.00. The number of hydrogen-bond donors (Lipinski definition) is 2. The fraction of sp³-hybridized carbons (Fsp3) is 0.125. The summed E-state index contributed by atoms with van der Waals surface area (Å²) in [5.74, 6) is -0.715. The molecule has 0 heterocycles. The quantitative estimate of drug-likeness (QED) is 0.634. The van der Waals surface area contributed by atoms with Crippen LogP contribution in [-0.4, -0.2) is 17.1 Å². The average Bonchev–Trinajstić information content (AvgIpc) is 2.56. The minimum Gasteiger partial charge on any atom is -0.272 e. The lowest BCUT2D eigenvalue weighted by molar-refractivity contribution is -0.121. The molecule has 1 atom stereocenters. The monoisotopic (exact) mass is 368 g/mol. The molecular formula is C16H14Cl2N2O2S. The summed E-state index contributed by atoms with van der Waals surface area (Å²) in [6.45, 7) is 1.71. The molecule has 2 aromatic carbocycles. The van der Waals surface area contributed by atoms with E-state index in [1.54, 1.807) is 49.4 Å². The van der Waals surface area contributed by atoms with E-state index in [0.29, 0.717) is 20.5 Å². The number of benzene rings is 2. The standard InChI is InChI=1S/C16H14Cl2N2O2S/c1-10(23-14-9-12(17)7-8-13(14)18)15(21)19-20-16(22)11-5-3-2-4-6-11/h2-10H,1H3,(H,19,21)(H,20,22)/t10-/m0/s1. The van der Waals surface area contributed by atoms with Crippen molar-refractivity contribution < 1.29 is 9.59 Å². The third kappa shape index (κ3) is 5.16. The van der Waals surface area contributed by atoms with Crippen molar-refractivity contribution in [3.8, 4) is 0 Å². The van der Waals surface area contributed by atoms with Crippen molar-refractivity contribution in [1.82, 2.24) is 10.9 Å². The number of thioether (sulfide) groups is 1. The summed E-state index contributed by atoms with van der Waals surface area (Å²) in [5.41, 5.74) is 5.24. The fourth-order valence-corrected chi connectivity index (χ4v) is 3.10. The van der Waals surface area contributed by atoms with Crippen LogP contribution in [0, 0.1) is 0 Å². The number of hydrazine groups is 1. The summed E-state index contributed by atoms with van der Waals surface area (Å²) in [4.78, 5) is 24.6. The van der Waals surface area contributed by atoms with Crippen LogP contribution in [0.15, 0.2) is 53.4 Å². The second-order valence-corrected chi connectivity index (χ2v) is 6.87. The lowest BCUT2D eigenvalue weighted by atomic mass is 10.2. The minimum absolute atomic E-state index is 0.338. The largest absolute Gasteiger partial charge is 0.272 e. The highest BCUT2D eigenvalue weighted by atomic mass is 35.5. The number of hydrogen-bond acceptors (Lipinski definition) is 3. The van der Waals surface area contributed by atoms with Crippen molar-refractivity contribution in [3.63, 3.8) is 0 Å². The van der Waals surface area contributed by atoms with Gasteiger partial charge in [-0.2, -0.15) is 0 Å². The Kier molecular flexibility index (Phi) is 6.33. The first-order valence-electron chi connectivity index (χ1n) is 6.74. The van der Waals surface area contributed by atoms with Crippen molar-refractivity contribution in [2.75, 3.05) is 0 Å². The Hall–Kier alpha value is -1.69. The molecule has 2 rings (SSSR count). The average molecular weight is 369 g/mol. The highest BCUT2D eigenvalue weighted by Crippen LogP contribution is 2.32. The lowest BCUT2D eigenvalue weighted by Crippen LogP contribution is -2.44. The van der Waals surface area contributed by atoms with Crippen LogP contribution >= 0.6 is 35.0 Å². The molecule has 4 nitrogen and oxygen atoms in total. The first kappa shape index (κ1) is 17.7. The van der Waals surface area contributed by atoms with Gasteiger partial charge in [0.15, 0.2) is 0 Å². The maximum absolute atomic E-state index is 12.1. The molecule has 0 aliphatic rings. The summed E-state index contributed by atoms with van der Waals surface area (Å²) in [6, 6.07) is 13.7. The van der Waals surface area contributed by atoms with Gasteiger partial charge >= 0.3 is 0 Å². The molecule has 2 amide bonds. The smallest absolute Gasteiger partial charge is 0.269 e. The van der Waals surface area contributed by atoms with Gasteiger partial charge in [-0.25, -0.2) is 0 Å². The Morgan fingerprint density at radius 3 is 2.43 bits per heavy atom. The van der Waals surface area contributed by atoms with Crippen molar-refractivity contribution in [2.45, 2.75) is 17.1 Å². The third-order valence-electron chi connectivity index (χ3n) is 2.90. The van der Waals surface area contributed by atoms with E-state index in [4.69, 9.17) is 23.2 Å². The molecule has 0 aliphatic heterocycles. The fourth-order valence-electron chi connectivity index (χ4n) is 1.69. The van der Waals surface area contributed by atoms with E-state index < -0.39 is 5.25 Å². The van der Waals surface area contributed by atoms with E-state index in [1.165, 1.54) is 11.8 Å². The van der Waals surface area contributed by atoms with Gasteiger partial charge in [0.05, 0.1) is 10.3 Å². The molecule has 0 fully saturated rings. The van der Waals surface area contributed by atoms with Gasteiger partial charge in [-0.3, -0.25) is 20.4 Å². The van der Waals surface area contributed by atoms with Crippen LogP contribution in [-0.2, 0) is 4.79 Å². The molecule has 0 radical (unpaired) electrons. The number of nitrogens with one attached hydrogen (secondary N) is 2. The molecule has 0 aromatic heterocycles. The van der Waals surface area contributed by atoms with Crippen molar-refractivity contribution in [2.24, 2.45) is 0 Å². The molecule has 0 saturated carbocycles. The van der Waals surface area contributed by atoms with E-state index in [1.807, 2.05) is 6.07 Å². The normalized spacial score (nSPS) is 11.6. The van der Waals surface area contributed by atoms with Gasteiger partial charge < -0.3 is 0 Å². The van der Waals surface area contributed by atoms with E-state index in [9.17, 15) is 9.59 Å². The van der Waals surface area contributed by atoms with Crippen molar-refractivity contribution in [3.05, 3.63) is 64.1 Å². The molecule has 0 aliphatic carbocycles. The molecule has 2 N–H and O–H groups in total. The van der Waals surface area contributed by atoms with E-state index in [-0.39, 0.29) is 11.8 Å². The highest BCUT2D eigenvalue weighted by Gasteiger charge is 2.17. The van der Waals surface area contributed by atoms with Gasteiger partial charge in [0.2, 0.25) is 0 Å². The minimum atomic E-state index is -0.456. The lowest BCUT2D eigenvalue weighted by Gasteiger charge is -2.13. The van der Waals surface area contributed by atoms with Gasteiger partial charge in [0, 0.05) is 15.5 Å². The summed E-state index contributed by atoms with van der Waals surface area (Å²) >= 11 is 13.3. The molecule has 2 aromatic rings. The Morgan fingerprint density at radius 1 is 1.04 bits per heavy atom. The molecular weight excluding hydrogens is 355 g/mol. The van der Waals surface area contributed by atoms with Crippen LogP contribution in [0.4, 0.5) is 0 Å². The van der Waals surface area contributed by atoms with Crippen LogP contribution in [0.2, 0.25) is 10.0 Å². The molecule has 0 unspecified atom stereocenters. The molecule has 7 heteroatoms. The van der Waals surface area contributed by atoms with Crippen molar-refractivity contribution in [1.29, 1.82) is 0 Å². The first-order valence-corrected chi connectivity index (χ1v) is 8.38. The molecule has 0 bridgehead atoms. The Balaban J connectivity index is 1.90. The molecule has 0 spiro atoms. The summed E-state index contributed by atoms with van der Waals surface area (Å²) < 4.78 is 0. The van der Waals surface area contributed by atoms with Gasteiger partial charge in [0.25, 0.3) is 11.8 Å². The Bertz CT molecular complexity index is 710. The van der Waals surface area contributed by atoms with Crippen LogP contribution < -0.4 is 10.9 Å². The van der Waals surface area contributed by atoms with Gasteiger partial charge in [-0.15, -0.1) is 11.8 Å². The second-order valence-electron chi connectivity index (χ2n) is 4.64. The summed E-state index contributed by atoms with van der Waals surface area (Å²) in [6.07, 6.45) is 0. The zero-order valence-corrected chi connectivity index (χ0v) is 14.5. The van der Waals surface area contributed by atoms with Crippen molar-refractivity contribution >= 4 is 46.8 Å². The SMILES string of the molecule is C[C@H](Sc1cc(Cl)ccc1Cl)C(=O)NNC(=O)c1ccccc1. The zero-order valence-electron chi connectivity index (χ0n) is 12.2. The van der Waals surface area contributed by atoms with Gasteiger partial charge in [0.1, 0.15) is 0 Å². The maximum atomic E-state index is 12.1. The van der Waals surface area contributed by atoms with E-state index in [0.717, 1.165) is 0 Å². The van der Waals surface area contributed by atoms with Gasteiger partial charge in [-0.1, -0.05) is 41.4 Å². The van der Waals surface area contributed by atoms with E-state index in [2.05, 4.69) is 10.9 Å². The molecule has 0 saturated heterocycles. The van der Waals surface area contributed by atoms with Crippen LogP contribution in [0.1, 0.15) is 17.3 Å². The van der Waals surface area contributed by atoms with Crippen LogP contribution in [0.25, 0.3) is 0 Å². The second kappa shape index (κ2) is 8.24. The van der Waals surface area contributed by atoms with E-state index >= 15 is 0 Å². The maximum Gasteiger partial charge on any atom is 0.269 e. The number of halogens is 2. The zero-order chi connectivity index (χ0) is 16.8. The number of carbonyl (C=O) groups excluding carboxylic acids is 2. The first-order chi connectivity index (χ1) is 11.0.